The molecule has 6 heteroatoms. The van der Waals surface area contributed by atoms with Crippen LogP contribution in [0.4, 0.5) is 5.69 Å². The number of anilines is 1. The van der Waals surface area contributed by atoms with E-state index in [1.54, 1.807) is 12.1 Å². The van der Waals surface area contributed by atoms with E-state index in [-0.39, 0.29) is 17.5 Å². The van der Waals surface area contributed by atoms with E-state index in [0.29, 0.717) is 18.7 Å². The minimum absolute atomic E-state index is 0.258. The van der Waals surface area contributed by atoms with E-state index in [2.05, 4.69) is 15.6 Å². The molecule has 1 aromatic rings. The van der Waals surface area contributed by atoms with Crippen LogP contribution in [-0.2, 0) is 4.79 Å². The third-order valence-electron chi connectivity index (χ3n) is 2.68. The van der Waals surface area contributed by atoms with Gasteiger partial charge in [-0.2, -0.15) is 0 Å². The second-order valence-electron chi connectivity index (χ2n) is 4.95. The van der Waals surface area contributed by atoms with Gasteiger partial charge in [0.2, 0.25) is 0 Å². The molecule has 1 amide bonds. The number of carboxylic acids is 1. The van der Waals surface area contributed by atoms with Crippen molar-refractivity contribution >= 4 is 17.6 Å². The summed E-state index contributed by atoms with van der Waals surface area (Å²) in [4.78, 5) is 26.9. The number of aliphatic carboxylic acids is 1. The maximum absolute atomic E-state index is 11.7. The van der Waals surface area contributed by atoms with Gasteiger partial charge < -0.3 is 15.7 Å². The fourth-order valence-corrected chi connectivity index (χ4v) is 1.79. The van der Waals surface area contributed by atoms with Gasteiger partial charge in [-0.15, -0.1) is 0 Å². The number of nitrogens with zero attached hydrogens (tertiary/aromatic N) is 1. The molecule has 1 atom stereocenters. The van der Waals surface area contributed by atoms with E-state index in [4.69, 9.17) is 0 Å². The molecule has 0 spiro atoms. The number of pyridine rings is 1. The number of carboxylic acid groups (broad SMARTS) is 1. The Balaban J connectivity index is 2.83. The Bertz CT molecular complexity index is 474. The summed E-state index contributed by atoms with van der Waals surface area (Å²) in [5.41, 5.74) is 0.847. The minimum atomic E-state index is -0.907. The lowest BCUT2D eigenvalue weighted by molar-refractivity contribution is -0.138. The summed E-state index contributed by atoms with van der Waals surface area (Å²) in [6.45, 7) is 6.26. The monoisotopic (exact) mass is 279 g/mol. The number of hydrogen-bond donors (Lipinski definition) is 3. The van der Waals surface area contributed by atoms with Gasteiger partial charge >= 0.3 is 5.97 Å². The average Bonchev–Trinajstić information content (AvgIpc) is 2.38. The lowest BCUT2D eigenvalue weighted by atomic mass is 10.0. The van der Waals surface area contributed by atoms with Gasteiger partial charge in [0.1, 0.15) is 11.7 Å². The molecule has 0 saturated carbocycles. The normalized spacial score (nSPS) is 12.0. The molecular weight excluding hydrogens is 258 g/mol. The fraction of sp³-hybridized carbons (Fsp3) is 0.500. The Labute approximate surface area is 118 Å². The Hall–Kier alpha value is -2.11. The topological polar surface area (TPSA) is 91.3 Å². The van der Waals surface area contributed by atoms with E-state index < -0.39 is 12.0 Å². The van der Waals surface area contributed by atoms with Crippen molar-refractivity contribution in [2.75, 3.05) is 11.9 Å². The van der Waals surface area contributed by atoms with Crippen LogP contribution in [0.25, 0.3) is 0 Å². The molecule has 1 unspecified atom stereocenters. The molecule has 0 aliphatic heterocycles. The smallest absolute Gasteiger partial charge is 0.326 e. The third-order valence-corrected chi connectivity index (χ3v) is 2.68. The van der Waals surface area contributed by atoms with Gasteiger partial charge in [0.25, 0.3) is 5.91 Å². The van der Waals surface area contributed by atoms with Gasteiger partial charge in [0.15, 0.2) is 0 Å². The van der Waals surface area contributed by atoms with Gasteiger partial charge in [0, 0.05) is 18.4 Å². The molecule has 0 aliphatic carbocycles. The molecular formula is C14H21N3O3. The predicted octanol–water partition coefficient (Wildman–Crippen LogP) is 1.74. The molecule has 110 valence electrons. The summed E-state index contributed by atoms with van der Waals surface area (Å²) in [5, 5.41) is 14.8. The first-order valence-electron chi connectivity index (χ1n) is 6.67. The quantitative estimate of drug-likeness (QED) is 0.707. The fourth-order valence-electron chi connectivity index (χ4n) is 1.79. The Morgan fingerprint density at radius 3 is 2.65 bits per heavy atom. The zero-order chi connectivity index (χ0) is 15.1. The highest BCUT2D eigenvalue weighted by atomic mass is 16.4. The highest BCUT2D eigenvalue weighted by molar-refractivity contribution is 5.93. The van der Waals surface area contributed by atoms with Crippen molar-refractivity contribution in [2.45, 2.75) is 33.2 Å². The third kappa shape index (κ3) is 4.87. The van der Waals surface area contributed by atoms with Crippen LogP contribution in [0.15, 0.2) is 18.3 Å². The maximum atomic E-state index is 11.7. The number of aromatic nitrogens is 1. The Morgan fingerprint density at radius 1 is 1.40 bits per heavy atom. The van der Waals surface area contributed by atoms with E-state index in [1.807, 2.05) is 20.8 Å². The average molecular weight is 279 g/mol. The van der Waals surface area contributed by atoms with Crippen molar-refractivity contribution in [1.82, 2.24) is 10.3 Å². The van der Waals surface area contributed by atoms with Gasteiger partial charge in [-0.1, -0.05) is 13.8 Å². The van der Waals surface area contributed by atoms with Crippen LogP contribution in [0.3, 0.4) is 0 Å². The van der Waals surface area contributed by atoms with Gasteiger partial charge in [-0.05, 0) is 31.4 Å². The van der Waals surface area contributed by atoms with Crippen molar-refractivity contribution in [2.24, 2.45) is 5.92 Å². The number of rotatable bonds is 7. The molecule has 1 heterocycles. The van der Waals surface area contributed by atoms with Gasteiger partial charge in [0.05, 0.1) is 0 Å². The first kappa shape index (κ1) is 15.9. The second kappa shape index (κ2) is 7.47. The van der Waals surface area contributed by atoms with Crippen LogP contribution in [-0.4, -0.2) is 34.6 Å². The SMILES string of the molecule is CCNC(=O)c1cc(NC(CC(C)C)C(=O)O)ccn1. The number of carbonyl (C=O) groups excluding carboxylic acids is 1. The van der Waals surface area contributed by atoms with E-state index in [1.165, 1.54) is 6.20 Å². The first-order chi connectivity index (χ1) is 9.43. The molecule has 0 aliphatic rings. The number of carbonyl (C=O) groups is 2. The van der Waals surface area contributed by atoms with Crippen LogP contribution in [0.5, 0.6) is 0 Å². The summed E-state index contributed by atoms with van der Waals surface area (Å²) < 4.78 is 0. The van der Waals surface area contributed by atoms with Crippen molar-refractivity contribution in [3.8, 4) is 0 Å². The molecule has 0 aromatic carbocycles. The Morgan fingerprint density at radius 2 is 2.10 bits per heavy atom. The van der Waals surface area contributed by atoms with Crippen molar-refractivity contribution in [1.29, 1.82) is 0 Å². The highest BCUT2D eigenvalue weighted by Gasteiger charge is 2.19. The van der Waals surface area contributed by atoms with E-state index in [0.717, 1.165) is 0 Å². The standard InChI is InChI=1S/C14H21N3O3/c1-4-15-13(18)11-8-10(5-6-16-11)17-12(14(19)20)7-9(2)3/h5-6,8-9,12H,4,7H2,1-3H3,(H,15,18)(H,16,17)(H,19,20). The molecule has 0 saturated heterocycles. The molecule has 0 radical (unpaired) electrons. The summed E-state index contributed by atoms with van der Waals surface area (Å²) >= 11 is 0. The van der Waals surface area contributed by atoms with Crippen molar-refractivity contribution in [3.63, 3.8) is 0 Å². The van der Waals surface area contributed by atoms with Crippen LogP contribution in [0.1, 0.15) is 37.7 Å². The first-order valence-corrected chi connectivity index (χ1v) is 6.67. The predicted molar refractivity (Wildman–Crippen MR) is 76.7 cm³/mol. The van der Waals surface area contributed by atoms with Crippen LogP contribution in [0, 0.1) is 5.92 Å². The summed E-state index contributed by atoms with van der Waals surface area (Å²) in [6.07, 6.45) is 2.00. The minimum Gasteiger partial charge on any atom is -0.480 e. The van der Waals surface area contributed by atoms with Crippen LogP contribution >= 0.6 is 0 Å². The number of amides is 1. The van der Waals surface area contributed by atoms with Gasteiger partial charge in [-0.25, -0.2) is 4.79 Å². The Kier molecular flexibility index (Phi) is 5.96. The molecule has 0 fully saturated rings. The largest absolute Gasteiger partial charge is 0.480 e. The van der Waals surface area contributed by atoms with E-state index in [9.17, 15) is 14.7 Å². The lowest BCUT2D eigenvalue weighted by Gasteiger charge is -2.17. The summed E-state index contributed by atoms with van der Waals surface area (Å²) in [6, 6.07) is 2.53. The lowest BCUT2D eigenvalue weighted by Crippen LogP contribution is -2.31. The van der Waals surface area contributed by atoms with Crippen molar-refractivity contribution in [3.05, 3.63) is 24.0 Å². The summed E-state index contributed by atoms with van der Waals surface area (Å²) in [5.74, 6) is -0.921. The van der Waals surface area contributed by atoms with E-state index >= 15 is 0 Å². The summed E-state index contributed by atoms with van der Waals surface area (Å²) in [7, 11) is 0. The van der Waals surface area contributed by atoms with Crippen LogP contribution in [0.2, 0.25) is 0 Å². The zero-order valence-electron chi connectivity index (χ0n) is 12.0. The second-order valence-corrected chi connectivity index (χ2v) is 4.95. The zero-order valence-corrected chi connectivity index (χ0v) is 12.0. The molecule has 3 N–H and O–H groups in total. The van der Waals surface area contributed by atoms with Crippen molar-refractivity contribution < 1.29 is 14.7 Å². The van der Waals surface area contributed by atoms with Gasteiger partial charge in [-0.3, -0.25) is 9.78 Å². The maximum Gasteiger partial charge on any atom is 0.326 e. The molecule has 6 nitrogen and oxygen atoms in total. The molecule has 1 aromatic heterocycles. The molecule has 1 rings (SSSR count). The van der Waals surface area contributed by atoms with Crippen LogP contribution < -0.4 is 10.6 Å². The number of hydrogen-bond acceptors (Lipinski definition) is 4. The number of nitrogens with one attached hydrogen (secondary N) is 2. The highest BCUT2D eigenvalue weighted by Crippen LogP contribution is 2.14. The molecule has 20 heavy (non-hydrogen) atoms. The molecule has 0 bridgehead atoms.